The lowest BCUT2D eigenvalue weighted by molar-refractivity contribution is 0.0895. The minimum atomic E-state index is -0.283. The number of hydrogen-bond donors (Lipinski definition) is 0. The normalized spacial score (nSPS) is 10.7. The first kappa shape index (κ1) is 11.3. The summed E-state index contributed by atoms with van der Waals surface area (Å²) in [5.41, 5.74) is 1.38. The first-order chi connectivity index (χ1) is 9.25. The van der Waals surface area contributed by atoms with Crippen molar-refractivity contribution in [1.82, 2.24) is 14.6 Å². The zero-order valence-corrected chi connectivity index (χ0v) is 9.81. The lowest BCUT2D eigenvalue weighted by Gasteiger charge is -1.97. The fourth-order valence-electron chi connectivity index (χ4n) is 1.82. The third kappa shape index (κ3) is 2.03. The number of ketones is 2. The molecule has 0 spiro atoms. The van der Waals surface area contributed by atoms with E-state index in [0.717, 1.165) is 0 Å². The highest BCUT2D eigenvalue weighted by Crippen LogP contribution is 2.13. The fourth-order valence-corrected chi connectivity index (χ4v) is 1.82. The molecule has 0 N–H and O–H groups in total. The number of rotatable bonds is 4. The van der Waals surface area contributed by atoms with E-state index in [-0.39, 0.29) is 18.0 Å². The summed E-state index contributed by atoms with van der Waals surface area (Å²) >= 11 is 0. The van der Waals surface area contributed by atoms with Crippen molar-refractivity contribution in [1.29, 1.82) is 0 Å². The van der Waals surface area contributed by atoms with Gasteiger partial charge in [0.05, 0.1) is 41.7 Å². The van der Waals surface area contributed by atoms with Gasteiger partial charge in [-0.2, -0.15) is 5.10 Å². The number of carbonyl (C=O) groups excluding carboxylic acids is 2. The Morgan fingerprint density at radius 2 is 2.16 bits per heavy atom. The molecule has 3 rings (SSSR count). The molecule has 0 aliphatic rings. The van der Waals surface area contributed by atoms with Crippen molar-refractivity contribution in [3.63, 3.8) is 0 Å². The molecule has 0 aliphatic carbocycles. The van der Waals surface area contributed by atoms with Crippen molar-refractivity contribution in [2.75, 3.05) is 0 Å². The van der Waals surface area contributed by atoms with Gasteiger partial charge < -0.3 is 4.42 Å². The third-order valence-corrected chi connectivity index (χ3v) is 2.79. The van der Waals surface area contributed by atoms with Crippen LogP contribution >= 0.6 is 0 Å². The zero-order valence-electron chi connectivity index (χ0n) is 9.81. The molecule has 3 aromatic rings. The largest absolute Gasteiger partial charge is 0.472 e. The Kier molecular flexibility index (Phi) is 2.68. The lowest BCUT2D eigenvalue weighted by atomic mass is 10.0. The number of furan rings is 1. The second kappa shape index (κ2) is 4.49. The number of aromatic nitrogens is 3. The van der Waals surface area contributed by atoms with Gasteiger partial charge in [0.25, 0.3) is 0 Å². The van der Waals surface area contributed by atoms with Gasteiger partial charge in [0.15, 0.2) is 11.6 Å². The summed E-state index contributed by atoms with van der Waals surface area (Å²) in [5.74, 6) is -0.559. The van der Waals surface area contributed by atoms with Crippen LogP contribution in [0.3, 0.4) is 0 Å². The van der Waals surface area contributed by atoms with Gasteiger partial charge in [-0.05, 0) is 6.07 Å². The molecule has 0 saturated heterocycles. The number of Topliss-reactive ketones (excluding diaryl/α,β-unsaturated/α-hetero) is 2. The smallest absolute Gasteiger partial charge is 0.174 e. The van der Waals surface area contributed by atoms with Gasteiger partial charge in [-0.1, -0.05) is 0 Å². The van der Waals surface area contributed by atoms with Crippen LogP contribution in [0.15, 0.2) is 47.8 Å². The van der Waals surface area contributed by atoms with Crippen molar-refractivity contribution < 1.29 is 14.0 Å². The van der Waals surface area contributed by atoms with Crippen LogP contribution < -0.4 is 0 Å². The molecule has 94 valence electrons. The maximum absolute atomic E-state index is 12.1. The molecule has 0 bridgehead atoms. The third-order valence-electron chi connectivity index (χ3n) is 2.79. The highest BCUT2D eigenvalue weighted by atomic mass is 16.3. The molecule has 0 atom stereocenters. The van der Waals surface area contributed by atoms with Crippen LogP contribution in [0.1, 0.15) is 27.1 Å². The van der Waals surface area contributed by atoms with Gasteiger partial charge >= 0.3 is 0 Å². The van der Waals surface area contributed by atoms with E-state index >= 15 is 0 Å². The van der Waals surface area contributed by atoms with Crippen LogP contribution in [0.4, 0.5) is 0 Å². The molecule has 0 saturated carbocycles. The van der Waals surface area contributed by atoms with Gasteiger partial charge in [0.1, 0.15) is 6.26 Å². The highest BCUT2D eigenvalue weighted by Gasteiger charge is 2.18. The van der Waals surface area contributed by atoms with Gasteiger partial charge in [-0.15, -0.1) is 0 Å². The summed E-state index contributed by atoms with van der Waals surface area (Å²) in [6, 6.07) is 1.53. The summed E-state index contributed by atoms with van der Waals surface area (Å²) in [6.07, 6.45) is 8.72. The van der Waals surface area contributed by atoms with Gasteiger partial charge in [-0.25, -0.2) is 4.52 Å². The van der Waals surface area contributed by atoms with Gasteiger partial charge in [-0.3, -0.25) is 14.6 Å². The first-order valence-electron chi connectivity index (χ1n) is 5.61. The number of carbonyl (C=O) groups is 2. The summed E-state index contributed by atoms with van der Waals surface area (Å²) < 4.78 is 6.36. The predicted octanol–water partition coefficient (Wildman–Crippen LogP) is 1.78. The monoisotopic (exact) mass is 255 g/mol. The topological polar surface area (TPSA) is 77.5 Å². The van der Waals surface area contributed by atoms with Crippen LogP contribution in [0.25, 0.3) is 5.52 Å². The van der Waals surface area contributed by atoms with Crippen LogP contribution in [0, 0.1) is 0 Å². The molecule has 6 heteroatoms. The standard InChI is InChI=1S/C13H9N3O3/c17-12(9-1-4-19-8-9)5-13(18)10-6-15-16-3-2-14-7-11(10)16/h1-4,6-8H,5H2. The fraction of sp³-hybridized carbons (Fsp3) is 0.0769. The van der Waals surface area contributed by atoms with E-state index in [9.17, 15) is 9.59 Å². The van der Waals surface area contributed by atoms with E-state index in [0.29, 0.717) is 16.6 Å². The summed E-state index contributed by atoms with van der Waals surface area (Å²) in [5, 5.41) is 4.04. The van der Waals surface area contributed by atoms with E-state index in [1.165, 1.54) is 24.8 Å². The molecular formula is C13H9N3O3. The summed E-state index contributed by atoms with van der Waals surface area (Å²) in [6.45, 7) is 0. The average Bonchev–Trinajstić information content (AvgIpc) is 3.08. The van der Waals surface area contributed by atoms with Crippen LogP contribution in [-0.2, 0) is 0 Å². The molecule has 6 nitrogen and oxygen atoms in total. The second-order valence-corrected chi connectivity index (χ2v) is 4.00. The average molecular weight is 255 g/mol. The summed E-state index contributed by atoms with van der Waals surface area (Å²) in [7, 11) is 0. The van der Waals surface area contributed by atoms with Gasteiger partial charge in [0, 0.05) is 12.4 Å². The molecule has 0 unspecified atom stereocenters. The zero-order chi connectivity index (χ0) is 13.2. The van der Waals surface area contributed by atoms with E-state index < -0.39 is 0 Å². The Hall–Kier alpha value is -2.76. The Morgan fingerprint density at radius 1 is 1.26 bits per heavy atom. The predicted molar refractivity (Wildman–Crippen MR) is 65.0 cm³/mol. The van der Waals surface area contributed by atoms with Crippen LogP contribution in [0.5, 0.6) is 0 Å². The van der Waals surface area contributed by atoms with E-state index in [1.54, 1.807) is 23.1 Å². The molecule has 0 fully saturated rings. The highest BCUT2D eigenvalue weighted by molar-refractivity contribution is 6.15. The number of nitrogens with zero attached hydrogens (tertiary/aromatic N) is 3. The molecule has 0 aromatic carbocycles. The summed E-state index contributed by atoms with van der Waals surface area (Å²) in [4.78, 5) is 27.9. The minimum absolute atomic E-state index is 0.213. The Labute approximate surface area is 107 Å². The molecule has 3 heterocycles. The minimum Gasteiger partial charge on any atom is -0.472 e. The lowest BCUT2D eigenvalue weighted by Crippen LogP contribution is -2.07. The number of hydrogen-bond acceptors (Lipinski definition) is 5. The first-order valence-corrected chi connectivity index (χ1v) is 5.61. The van der Waals surface area contributed by atoms with Crippen molar-refractivity contribution in [3.05, 3.63) is 54.5 Å². The van der Waals surface area contributed by atoms with Crippen molar-refractivity contribution in [2.45, 2.75) is 6.42 Å². The Morgan fingerprint density at radius 3 is 2.95 bits per heavy atom. The van der Waals surface area contributed by atoms with Gasteiger partial charge in [0.2, 0.25) is 0 Å². The molecule has 3 aromatic heterocycles. The SMILES string of the molecule is O=C(CC(=O)c1cnn2ccncc12)c1ccoc1. The molecule has 19 heavy (non-hydrogen) atoms. The molecule has 0 radical (unpaired) electrons. The van der Waals surface area contributed by atoms with Crippen molar-refractivity contribution in [2.24, 2.45) is 0 Å². The molecular weight excluding hydrogens is 246 g/mol. The van der Waals surface area contributed by atoms with E-state index in [1.807, 2.05) is 0 Å². The van der Waals surface area contributed by atoms with Crippen molar-refractivity contribution >= 4 is 17.1 Å². The van der Waals surface area contributed by atoms with Crippen LogP contribution in [0.2, 0.25) is 0 Å². The number of fused-ring (bicyclic) bond motifs is 1. The second-order valence-electron chi connectivity index (χ2n) is 4.00. The van der Waals surface area contributed by atoms with Crippen LogP contribution in [-0.4, -0.2) is 26.2 Å². The quantitative estimate of drug-likeness (QED) is 0.524. The Bertz CT molecular complexity index is 743. The molecule has 0 amide bonds. The maximum Gasteiger partial charge on any atom is 0.174 e. The van der Waals surface area contributed by atoms with E-state index in [4.69, 9.17) is 4.42 Å². The van der Waals surface area contributed by atoms with E-state index in [2.05, 4.69) is 10.1 Å². The molecule has 0 aliphatic heterocycles. The Balaban J connectivity index is 1.86. The maximum atomic E-state index is 12.1. The van der Waals surface area contributed by atoms with Crippen molar-refractivity contribution in [3.8, 4) is 0 Å².